The van der Waals surface area contributed by atoms with Crippen molar-refractivity contribution in [3.05, 3.63) is 92.4 Å². The molecule has 7 heteroatoms. The quantitative estimate of drug-likeness (QED) is 0.420. The predicted molar refractivity (Wildman–Crippen MR) is 120 cm³/mol. The van der Waals surface area contributed by atoms with Gasteiger partial charge in [0.1, 0.15) is 5.69 Å². The van der Waals surface area contributed by atoms with Crippen molar-refractivity contribution in [1.82, 2.24) is 4.57 Å². The van der Waals surface area contributed by atoms with Gasteiger partial charge in [0, 0.05) is 10.4 Å². The molecule has 0 N–H and O–H groups in total. The maximum Gasteiger partial charge on any atom is 0.355 e. The molecule has 3 aromatic rings. The summed E-state index contributed by atoms with van der Waals surface area (Å²) >= 11 is 6.18. The van der Waals surface area contributed by atoms with Gasteiger partial charge in [-0.3, -0.25) is 9.36 Å². The van der Waals surface area contributed by atoms with Crippen LogP contribution in [0.25, 0.3) is 10.8 Å². The van der Waals surface area contributed by atoms with Crippen molar-refractivity contribution in [2.75, 3.05) is 14.2 Å². The fraction of sp³-hybridized carbons (Fsp3) is 0.208. The average molecular weight is 440 g/mol. The number of ether oxygens (including phenoxy) is 2. The fourth-order valence-electron chi connectivity index (χ4n) is 3.46. The second-order valence-electron chi connectivity index (χ2n) is 6.86. The Morgan fingerprint density at radius 3 is 2.29 bits per heavy atom. The highest BCUT2D eigenvalue weighted by atomic mass is 35.5. The summed E-state index contributed by atoms with van der Waals surface area (Å²) in [5, 5.41) is 1.55. The van der Waals surface area contributed by atoms with E-state index in [1.165, 1.54) is 18.8 Å². The molecule has 0 aliphatic heterocycles. The highest BCUT2D eigenvalue weighted by Gasteiger charge is 2.22. The lowest BCUT2D eigenvalue weighted by Gasteiger charge is -2.18. The number of fused-ring (bicyclic) bond motifs is 1. The summed E-state index contributed by atoms with van der Waals surface area (Å²) in [6.45, 7) is 2.01. The van der Waals surface area contributed by atoms with E-state index in [2.05, 4.69) is 0 Å². The molecule has 0 bridgehead atoms. The first-order chi connectivity index (χ1) is 14.9. The highest BCUT2D eigenvalue weighted by Crippen LogP contribution is 2.25. The van der Waals surface area contributed by atoms with E-state index < -0.39 is 11.9 Å². The lowest BCUT2D eigenvalue weighted by Crippen LogP contribution is -2.29. The van der Waals surface area contributed by atoms with Gasteiger partial charge < -0.3 is 9.47 Å². The van der Waals surface area contributed by atoms with E-state index in [-0.39, 0.29) is 17.8 Å². The summed E-state index contributed by atoms with van der Waals surface area (Å²) in [6, 6.07) is 11.7. The number of nitrogens with zero attached hydrogens (tertiary/aromatic N) is 1. The first-order valence-corrected chi connectivity index (χ1v) is 10.0. The van der Waals surface area contributed by atoms with Gasteiger partial charge in [-0.2, -0.15) is 0 Å². The van der Waals surface area contributed by atoms with E-state index in [0.29, 0.717) is 33.3 Å². The molecule has 0 radical (unpaired) electrons. The predicted octanol–water partition coefficient (Wildman–Crippen LogP) is 4.40. The zero-order valence-corrected chi connectivity index (χ0v) is 18.2. The molecule has 0 fully saturated rings. The number of pyridine rings is 1. The molecule has 0 saturated carbocycles. The van der Waals surface area contributed by atoms with E-state index in [1.54, 1.807) is 42.5 Å². The largest absolute Gasteiger partial charge is 0.465 e. The molecule has 6 nitrogen and oxygen atoms in total. The van der Waals surface area contributed by atoms with Crippen molar-refractivity contribution in [3.8, 4) is 0 Å². The Bertz CT molecular complexity index is 1230. The number of aromatic nitrogens is 1. The topological polar surface area (TPSA) is 74.6 Å². The third-order valence-corrected chi connectivity index (χ3v) is 5.23. The number of hydrogen-bond donors (Lipinski definition) is 0. The summed E-state index contributed by atoms with van der Waals surface area (Å²) < 4.78 is 11.1. The zero-order chi connectivity index (χ0) is 22.5. The highest BCUT2D eigenvalue weighted by molar-refractivity contribution is 6.31. The summed E-state index contributed by atoms with van der Waals surface area (Å²) in [6.07, 6.45) is 4.21. The zero-order valence-electron chi connectivity index (χ0n) is 17.5. The van der Waals surface area contributed by atoms with Crippen molar-refractivity contribution in [3.63, 3.8) is 0 Å². The van der Waals surface area contributed by atoms with Crippen LogP contribution in [0.5, 0.6) is 0 Å². The molecule has 160 valence electrons. The third kappa shape index (κ3) is 4.54. The number of hydrogen-bond acceptors (Lipinski definition) is 5. The molecule has 1 heterocycles. The van der Waals surface area contributed by atoms with Gasteiger partial charge in [-0.15, -0.1) is 0 Å². The maximum absolute atomic E-state index is 13.4. The minimum Gasteiger partial charge on any atom is -0.465 e. The van der Waals surface area contributed by atoms with Gasteiger partial charge in [0.2, 0.25) is 0 Å². The van der Waals surface area contributed by atoms with Crippen LogP contribution in [0.1, 0.15) is 38.9 Å². The molecule has 31 heavy (non-hydrogen) atoms. The van der Waals surface area contributed by atoms with E-state index in [4.69, 9.17) is 21.1 Å². The van der Waals surface area contributed by atoms with Crippen LogP contribution in [0.2, 0.25) is 5.02 Å². The number of carbonyl (C=O) groups excluding carboxylic acids is 2. The van der Waals surface area contributed by atoms with Crippen LogP contribution in [-0.2, 0) is 22.4 Å². The van der Waals surface area contributed by atoms with Gasteiger partial charge in [-0.1, -0.05) is 35.9 Å². The number of carbonyl (C=O) groups is 2. The van der Waals surface area contributed by atoms with E-state index in [9.17, 15) is 14.4 Å². The lowest BCUT2D eigenvalue weighted by atomic mass is 9.99. The molecule has 1 aromatic heterocycles. The molecule has 2 aromatic carbocycles. The Hall–Kier alpha value is -3.38. The Morgan fingerprint density at radius 1 is 1.00 bits per heavy atom. The van der Waals surface area contributed by atoms with Crippen molar-refractivity contribution in [1.29, 1.82) is 0 Å². The first-order valence-electron chi connectivity index (χ1n) is 9.62. The third-order valence-electron chi connectivity index (χ3n) is 4.99. The number of rotatable bonds is 6. The molecule has 0 spiro atoms. The smallest absolute Gasteiger partial charge is 0.355 e. The molecular weight excluding hydrogens is 418 g/mol. The SMILES string of the molecule is C/C=C\Cc1c(C(=O)OC)n(Cc2ccc(C(=O)OC)cc2)c(=O)c2ccc(Cl)cc12. The van der Waals surface area contributed by atoms with Crippen molar-refractivity contribution in [2.24, 2.45) is 0 Å². The Labute approximate surface area is 184 Å². The van der Waals surface area contributed by atoms with E-state index in [0.717, 1.165) is 5.56 Å². The van der Waals surface area contributed by atoms with Crippen molar-refractivity contribution >= 4 is 34.3 Å². The van der Waals surface area contributed by atoms with E-state index >= 15 is 0 Å². The summed E-state index contributed by atoms with van der Waals surface area (Å²) in [5.41, 5.74) is 1.65. The molecule has 0 atom stereocenters. The molecule has 0 aliphatic rings. The van der Waals surface area contributed by atoms with Crippen molar-refractivity contribution in [2.45, 2.75) is 19.9 Å². The molecule has 0 amide bonds. The van der Waals surface area contributed by atoms with Crippen LogP contribution in [-0.4, -0.2) is 30.7 Å². The van der Waals surface area contributed by atoms with Crippen LogP contribution < -0.4 is 5.56 Å². The number of benzene rings is 2. The van der Waals surface area contributed by atoms with Gasteiger partial charge in [-0.25, -0.2) is 9.59 Å². The van der Waals surface area contributed by atoms with Gasteiger partial charge in [-0.05, 0) is 60.2 Å². The fourth-order valence-corrected chi connectivity index (χ4v) is 3.63. The van der Waals surface area contributed by atoms with Gasteiger partial charge in [0.25, 0.3) is 5.56 Å². The molecular formula is C24H22ClNO5. The standard InChI is InChI=1S/C24H22ClNO5/c1-4-5-6-18-20-13-17(25)11-12-19(20)22(27)26(21(18)24(29)31-3)14-15-7-9-16(10-8-15)23(28)30-2/h4-5,7-13H,6,14H2,1-3H3/b5-4-. The molecule has 0 unspecified atom stereocenters. The lowest BCUT2D eigenvalue weighted by molar-refractivity contribution is 0.0582. The van der Waals surface area contributed by atoms with Crippen LogP contribution >= 0.6 is 11.6 Å². The molecule has 0 saturated heterocycles. The summed E-state index contributed by atoms with van der Waals surface area (Å²) in [7, 11) is 2.59. The van der Waals surface area contributed by atoms with Gasteiger partial charge in [0.15, 0.2) is 0 Å². The normalized spacial score (nSPS) is 11.1. The van der Waals surface area contributed by atoms with Crippen LogP contribution in [0.15, 0.2) is 59.4 Å². The van der Waals surface area contributed by atoms with Crippen LogP contribution in [0, 0.1) is 0 Å². The second-order valence-corrected chi connectivity index (χ2v) is 7.30. The Morgan fingerprint density at radius 2 is 1.68 bits per heavy atom. The van der Waals surface area contributed by atoms with Gasteiger partial charge >= 0.3 is 11.9 Å². The number of allylic oxidation sites excluding steroid dienone is 2. The van der Waals surface area contributed by atoms with Crippen molar-refractivity contribution < 1.29 is 19.1 Å². The monoisotopic (exact) mass is 439 g/mol. The Kier molecular flexibility index (Phi) is 6.92. The minimum atomic E-state index is -0.607. The Balaban J connectivity index is 2.25. The minimum absolute atomic E-state index is 0.131. The van der Waals surface area contributed by atoms with Crippen LogP contribution in [0.3, 0.4) is 0 Å². The molecule has 0 aliphatic carbocycles. The number of halogens is 1. The first kappa shape index (κ1) is 22.3. The second kappa shape index (κ2) is 9.62. The summed E-state index contributed by atoms with van der Waals surface area (Å²) in [5.74, 6) is -1.06. The molecule has 3 rings (SSSR count). The average Bonchev–Trinajstić information content (AvgIpc) is 2.79. The maximum atomic E-state index is 13.4. The van der Waals surface area contributed by atoms with Gasteiger partial charge in [0.05, 0.1) is 26.3 Å². The number of methoxy groups -OCH3 is 2. The van der Waals surface area contributed by atoms with Crippen LogP contribution in [0.4, 0.5) is 0 Å². The van der Waals surface area contributed by atoms with E-state index in [1.807, 2.05) is 19.1 Å². The summed E-state index contributed by atoms with van der Waals surface area (Å²) in [4.78, 5) is 37.8. The number of esters is 2.